The molecule has 2 saturated carbocycles. The number of hydrazone groups is 1. The van der Waals surface area contributed by atoms with Gasteiger partial charge in [-0.15, -0.1) is 0 Å². The number of aliphatic hydroxyl groups is 1. The summed E-state index contributed by atoms with van der Waals surface area (Å²) < 4.78 is 46.3. The molecule has 4 aromatic rings. The van der Waals surface area contributed by atoms with Gasteiger partial charge in [-0.3, -0.25) is 14.6 Å². The molecular formula is C62H77N3O13S. The maximum absolute atomic E-state index is 13.3. The minimum absolute atomic E-state index is 0.0794. The maximum Gasteiger partial charge on any atom is 0.330 e. The van der Waals surface area contributed by atoms with E-state index in [-0.39, 0.29) is 47.7 Å². The van der Waals surface area contributed by atoms with E-state index in [1.165, 1.54) is 12.2 Å². The number of unbranched alkanes of at least 4 members (excludes halogenated alkanes) is 6. The Balaban J connectivity index is 0.849. The van der Waals surface area contributed by atoms with Crippen molar-refractivity contribution in [3.05, 3.63) is 122 Å². The number of fused-ring (bicyclic) bond motifs is 1. The van der Waals surface area contributed by atoms with Crippen LogP contribution in [0.15, 0.2) is 126 Å². The first kappa shape index (κ1) is 59.7. The molecule has 0 bridgehead atoms. The summed E-state index contributed by atoms with van der Waals surface area (Å²) in [6.45, 7) is 9.91. The van der Waals surface area contributed by atoms with Gasteiger partial charge in [0, 0.05) is 22.6 Å². The van der Waals surface area contributed by atoms with E-state index in [2.05, 4.69) is 24.5 Å². The first-order valence-electron chi connectivity index (χ1n) is 28.0. The van der Waals surface area contributed by atoms with Crippen LogP contribution in [0.5, 0.6) is 34.5 Å². The zero-order valence-electron chi connectivity index (χ0n) is 45.3. The largest absolute Gasteiger partial charge is 0.494 e. The number of para-hydroxylation sites is 1. The number of benzene rings is 4. The number of esters is 4. The number of anilines is 1. The Morgan fingerprint density at radius 2 is 1.06 bits per heavy atom. The van der Waals surface area contributed by atoms with Gasteiger partial charge in [-0.1, -0.05) is 37.1 Å². The summed E-state index contributed by atoms with van der Waals surface area (Å²) in [7, 11) is 0. The molecule has 0 amide bonds. The van der Waals surface area contributed by atoms with Crippen LogP contribution in [0.4, 0.5) is 5.69 Å². The Hall–Kier alpha value is -6.98. The van der Waals surface area contributed by atoms with Gasteiger partial charge in [0.05, 0.1) is 76.5 Å². The fourth-order valence-electron chi connectivity index (χ4n) is 9.55. The third kappa shape index (κ3) is 20.3. The number of carbonyl (C=O) groups excluding carboxylic acids is 4. The molecule has 424 valence electrons. The molecule has 1 heterocycles. The van der Waals surface area contributed by atoms with Gasteiger partial charge < -0.3 is 48.3 Å². The van der Waals surface area contributed by atoms with Gasteiger partial charge in [0.2, 0.25) is 0 Å². The number of hydrogen-bond acceptors (Lipinski definition) is 17. The quantitative estimate of drug-likeness (QED) is 0.0114. The molecule has 79 heavy (non-hydrogen) atoms. The van der Waals surface area contributed by atoms with Crippen LogP contribution >= 0.6 is 11.8 Å². The topological polar surface area (TPSA) is 190 Å². The second kappa shape index (κ2) is 32.8. The summed E-state index contributed by atoms with van der Waals surface area (Å²) in [4.78, 5) is 49.9. The lowest BCUT2D eigenvalue weighted by Crippen LogP contribution is -2.34. The Bertz CT molecular complexity index is 2550. The van der Waals surface area contributed by atoms with Crippen LogP contribution < -0.4 is 33.7 Å². The molecule has 16 nitrogen and oxygen atoms in total. The Morgan fingerprint density at radius 1 is 0.582 bits per heavy atom. The predicted octanol–water partition coefficient (Wildman–Crippen LogP) is 11.7. The molecule has 2 fully saturated rings. The number of hydrogen-bond donors (Lipinski definition) is 2. The fraction of sp³-hybridized carbons (Fsp3) is 0.468. The summed E-state index contributed by atoms with van der Waals surface area (Å²) in [5, 5.41) is 20.3. The molecule has 7 rings (SSSR count). The molecular weight excluding hydrogens is 1030 g/mol. The van der Waals surface area contributed by atoms with Gasteiger partial charge in [-0.05, 0) is 193 Å². The second-order valence-electron chi connectivity index (χ2n) is 20.1. The van der Waals surface area contributed by atoms with E-state index in [1.54, 1.807) is 42.2 Å². The number of thioether (sulfide) groups is 1. The summed E-state index contributed by atoms with van der Waals surface area (Å²) in [6, 6.07) is 28.2. The Labute approximate surface area is 469 Å². The van der Waals surface area contributed by atoms with Gasteiger partial charge in [0.15, 0.2) is 5.50 Å². The molecule has 1 aliphatic heterocycles. The van der Waals surface area contributed by atoms with Gasteiger partial charge in [-0.25, -0.2) is 9.59 Å². The van der Waals surface area contributed by atoms with Gasteiger partial charge >= 0.3 is 23.9 Å². The van der Waals surface area contributed by atoms with Gasteiger partial charge in [-0.2, -0.15) is 5.10 Å². The van der Waals surface area contributed by atoms with Crippen molar-refractivity contribution in [3.63, 3.8) is 0 Å². The van der Waals surface area contributed by atoms with Crippen molar-refractivity contribution in [2.24, 2.45) is 28.8 Å². The summed E-state index contributed by atoms with van der Waals surface area (Å²) >= 11 is 1.64. The molecule has 4 aromatic carbocycles. The summed E-state index contributed by atoms with van der Waals surface area (Å²) in [5.41, 5.74) is 1.54. The SMILES string of the molecule is C=CC(=O)OCCCCCCOc1ccc(OC(=O)C2CCC(COc3ccc(OCC4CCC(C(=O)Oc5ccc(OCCCCCCOC(=O)C=C)cc5)CC4)c(/C=N/N(CCO)C4Nc5ccccc5S4)c3)CC2)cc1. The third-order valence-electron chi connectivity index (χ3n) is 14.2. The van der Waals surface area contributed by atoms with Crippen LogP contribution in [0, 0.1) is 23.7 Å². The van der Waals surface area contributed by atoms with Gasteiger partial charge in [0.25, 0.3) is 0 Å². The van der Waals surface area contributed by atoms with Crippen molar-refractivity contribution in [2.75, 3.05) is 58.1 Å². The molecule has 1 unspecified atom stereocenters. The van der Waals surface area contributed by atoms with Gasteiger partial charge in [0.1, 0.15) is 34.5 Å². The predicted molar refractivity (Wildman–Crippen MR) is 304 cm³/mol. The molecule has 0 aromatic heterocycles. The molecule has 1 atom stereocenters. The highest BCUT2D eigenvalue weighted by Crippen LogP contribution is 2.40. The zero-order chi connectivity index (χ0) is 55.4. The minimum atomic E-state index is -0.398. The number of nitrogens with zero attached hydrogens (tertiary/aromatic N) is 2. The van der Waals surface area contributed by atoms with Crippen molar-refractivity contribution in [2.45, 2.75) is 113 Å². The van der Waals surface area contributed by atoms with Crippen LogP contribution in [-0.4, -0.2) is 98.5 Å². The lowest BCUT2D eigenvalue weighted by molar-refractivity contribution is -0.141. The average Bonchev–Trinajstić information content (AvgIpc) is 3.95. The highest BCUT2D eigenvalue weighted by molar-refractivity contribution is 8.00. The highest BCUT2D eigenvalue weighted by atomic mass is 32.2. The standard InChI is InChI=1S/C62H77N3O13S/c1-3-58(67)73-39-13-7-5-11-37-71-50-25-29-52(30-26-50)77-60(69)47-21-17-45(18-22-47)43-75-54-33-34-56(49(41-54)42-63-65(35-36-66)62-64-55-15-9-10-16-57(55)79-62)76-44-46-19-23-48(24-20-46)61(70)78-53-31-27-51(28-32-53)72-38-12-6-8-14-40-74-59(68)4-2/h3-4,9-10,15-16,25-34,41-42,45-48,62,64,66H,1-2,5-8,11-14,17-24,35-40,43-44H2/b63-42+. The fourth-order valence-corrected chi connectivity index (χ4v) is 10.7. The average molecular weight is 1100 g/mol. The summed E-state index contributed by atoms with van der Waals surface area (Å²) in [6.07, 6.45) is 17.4. The number of ether oxygens (including phenoxy) is 8. The highest BCUT2D eigenvalue weighted by Gasteiger charge is 2.31. The van der Waals surface area contributed by atoms with Crippen molar-refractivity contribution >= 4 is 47.5 Å². The van der Waals surface area contributed by atoms with E-state index in [4.69, 9.17) is 43.0 Å². The molecule has 0 spiro atoms. The van der Waals surface area contributed by atoms with Crippen LogP contribution in [0.25, 0.3) is 0 Å². The van der Waals surface area contributed by atoms with E-state index in [0.717, 1.165) is 93.2 Å². The Kier molecular flexibility index (Phi) is 24.8. The van der Waals surface area contributed by atoms with Crippen molar-refractivity contribution < 1.29 is 62.2 Å². The minimum Gasteiger partial charge on any atom is -0.494 e. The molecule has 17 heteroatoms. The first-order chi connectivity index (χ1) is 38.7. The second-order valence-corrected chi connectivity index (χ2v) is 21.2. The van der Waals surface area contributed by atoms with Crippen LogP contribution in [0.2, 0.25) is 0 Å². The van der Waals surface area contributed by atoms with E-state index < -0.39 is 11.9 Å². The van der Waals surface area contributed by atoms with E-state index >= 15 is 0 Å². The lowest BCUT2D eigenvalue weighted by atomic mass is 9.82. The lowest BCUT2D eigenvalue weighted by Gasteiger charge is -2.28. The summed E-state index contributed by atoms with van der Waals surface area (Å²) in [5.74, 6) is 2.61. The monoisotopic (exact) mass is 1100 g/mol. The van der Waals surface area contributed by atoms with E-state index in [0.29, 0.717) is 106 Å². The van der Waals surface area contributed by atoms with Crippen molar-refractivity contribution in [1.29, 1.82) is 0 Å². The number of aliphatic hydroxyl groups excluding tert-OH is 1. The van der Waals surface area contributed by atoms with Crippen molar-refractivity contribution in [1.82, 2.24) is 5.01 Å². The first-order valence-corrected chi connectivity index (χ1v) is 28.8. The van der Waals surface area contributed by atoms with Crippen LogP contribution in [0.1, 0.15) is 108 Å². The van der Waals surface area contributed by atoms with Crippen LogP contribution in [0.3, 0.4) is 0 Å². The molecule has 0 saturated heterocycles. The van der Waals surface area contributed by atoms with Crippen LogP contribution in [-0.2, 0) is 28.7 Å². The molecule has 0 radical (unpaired) electrons. The molecule has 2 N–H and O–H groups in total. The van der Waals surface area contributed by atoms with E-state index in [9.17, 15) is 24.3 Å². The number of carbonyl (C=O) groups is 4. The molecule has 3 aliphatic rings. The third-order valence-corrected chi connectivity index (χ3v) is 15.4. The maximum atomic E-state index is 13.3. The Morgan fingerprint density at radius 3 is 1.57 bits per heavy atom. The number of nitrogens with one attached hydrogen (secondary N) is 1. The zero-order valence-corrected chi connectivity index (χ0v) is 46.1. The molecule has 2 aliphatic carbocycles. The normalized spacial score (nSPS) is 18.5. The van der Waals surface area contributed by atoms with E-state index in [1.807, 2.05) is 65.7 Å². The number of rotatable bonds is 33. The smallest absolute Gasteiger partial charge is 0.330 e. The van der Waals surface area contributed by atoms with Crippen molar-refractivity contribution in [3.8, 4) is 34.5 Å².